The van der Waals surface area contributed by atoms with E-state index in [-0.39, 0.29) is 0 Å². The summed E-state index contributed by atoms with van der Waals surface area (Å²) < 4.78 is 2.74. The fourth-order valence-corrected chi connectivity index (χ4v) is 2.50. The number of halogens is 1. The van der Waals surface area contributed by atoms with Crippen LogP contribution < -0.4 is 10.6 Å². The van der Waals surface area contributed by atoms with Gasteiger partial charge in [-0.3, -0.25) is 0 Å². The van der Waals surface area contributed by atoms with Crippen molar-refractivity contribution in [2.75, 3.05) is 25.0 Å². The van der Waals surface area contributed by atoms with Gasteiger partial charge in [0.15, 0.2) is 5.65 Å². The summed E-state index contributed by atoms with van der Waals surface area (Å²) in [6.07, 6.45) is 3.12. The highest BCUT2D eigenvalue weighted by molar-refractivity contribution is 9.10. The Morgan fingerprint density at radius 3 is 3.29 bits per heavy atom. The number of hydrogen-bond acceptors (Lipinski definition) is 4. The van der Waals surface area contributed by atoms with Gasteiger partial charge in [0, 0.05) is 12.7 Å². The zero-order valence-corrected chi connectivity index (χ0v) is 10.9. The van der Waals surface area contributed by atoms with Gasteiger partial charge >= 0.3 is 0 Å². The molecule has 3 rings (SSSR count). The maximum Gasteiger partial charge on any atom is 0.243 e. The molecule has 17 heavy (non-hydrogen) atoms. The van der Waals surface area contributed by atoms with Crippen LogP contribution in [0, 0.1) is 5.92 Å². The molecule has 0 saturated carbocycles. The highest BCUT2D eigenvalue weighted by Crippen LogP contribution is 2.17. The Morgan fingerprint density at radius 1 is 1.59 bits per heavy atom. The van der Waals surface area contributed by atoms with E-state index in [1.54, 1.807) is 4.52 Å². The first kappa shape index (κ1) is 11.0. The Balaban J connectivity index is 1.74. The van der Waals surface area contributed by atoms with Crippen molar-refractivity contribution in [1.82, 2.24) is 19.9 Å². The van der Waals surface area contributed by atoms with Crippen molar-refractivity contribution < 1.29 is 0 Å². The van der Waals surface area contributed by atoms with Crippen molar-refractivity contribution in [2.24, 2.45) is 5.92 Å². The van der Waals surface area contributed by atoms with Gasteiger partial charge in [0.25, 0.3) is 0 Å². The summed E-state index contributed by atoms with van der Waals surface area (Å²) in [7, 11) is 0. The normalized spacial score (nSPS) is 19.9. The highest BCUT2D eigenvalue weighted by atomic mass is 79.9. The van der Waals surface area contributed by atoms with Crippen LogP contribution in [0.3, 0.4) is 0 Å². The number of aromatic nitrogens is 3. The van der Waals surface area contributed by atoms with E-state index in [1.807, 2.05) is 18.3 Å². The molecular formula is C11H14BrN5. The molecule has 1 aliphatic rings. The standard InChI is InChI=1S/C11H14BrN5/c12-9-2-1-5-17-10(9)15-11(16-17)14-7-8-3-4-13-6-8/h1-2,5,8,13H,3-4,6-7H2,(H,14,16). The molecule has 1 unspecified atom stereocenters. The summed E-state index contributed by atoms with van der Waals surface area (Å²) in [5.74, 6) is 1.38. The van der Waals surface area contributed by atoms with Crippen molar-refractivity contribution in [3.63, 3.8) is 0 Å². The molecule has 0 aromatic carbocycles. The van der Waals surface area contributed by atoms with Gasteiger partial charge in [0.1, 0.15) is 0 Å². The zero-order chi connectivity index (χ0) is 11.7. The summed E-state index contributed by atoms with van der Waals surface area (Å²) in [6.45, 7) is 3.14. The molecule has 2 aromatic rings. The van der Waals surface area contributed by atoms with Crippen LogP contribution in [0.15, 0.2) is 22.8 Å². The van der Waals surface area contributed by atoms with Crippen molar-refractivity contribution >= 4 is 27.5 Å². The quantitative estimate of drug-likeness (QED) is 0.901. The van der Waals surface area contributed by atoms with Crippen LogP contribution in [-0.4, -0.2) is 34.2 Å². The first-order valence-corrected chi connectivity index (χ1v) is 6.58. The molecule has 90 valence electrons. The third-order valence-corrected chi connectivity index (χ3v) is 3.64. The van der Waals surface area contributed by atoms with Gasteiger partial charge in [0.05, 0.1) is 4.47 Å². The number of pyridine rings is 1. The van der Waals surface area contributed by atoms with E-state index in [0.717, 1.165) is 29.8 Å². The molecule has 0 amide bonds. The maximum absolute atomic E-state index is 4.45. The van der Waals surface area contributed by atoms with E-state index in [4.69, 9.17) is 0 Å². The predicted molar refractivity (Wildman–Crippen MR) is 70.2 cm³/mol. The topological polar surface area (TPSA) is 54.2 Å². The first-order chi connectivity index (χ1) is 8.33. The van der Waals surface area contributed by atoms with E-state index in [0.29, 0.717) is 11.9 Å². The largest absolute Gasteiger partial charge is 0.353 e. The molecule has 0 radical (unpaired) electrons. The fraction of sp³-hybridized carbons (Fsp3) is 0.455. The van der Waals surface area contributed by atoms with Gasteiger partial charge in [-0.15, -0.1) is 5.10 Å². The number of nitrogens with one attached hydrogen (secondary N) is 2. The molecule has 0 spiro atoms. The number of hydrogen-bond donors (Lipinski definition) is 2. The van der Waals surface area contributed by atoms with Gasteiger partial charge in [-0.1, -0.05) is 0 Å². The first-order valence-electron chi connectivity index (χ1n) is 5.78. The van der Waals surface area contributed by atoms with Gasteiger partial charge in [0.2, 0.25) is 5.95 Å². The second-order valence-corrected chi connectivity index (χ2v) is 5.15. The van der Waals surface area contributed by atoms with Gasteiger partial charge < -0.3 is 10.6 Å². The number of rotatable bonds is 3. The van der Waals surface area contributed by atoms with Crippen molar-refractivity contribution in [3.8, 4) is 0 Å². The molecular weight excluding hydrogens is 282 g/mol. The second kappa shape index (κ2) is 4.62. The van der Waals surface area contributed by atoms with Crippen LogP contribution in [-0.2, 0) is 0 Å². The third-order valence-electron chi connectivity index (χ3n) is 3.03. The summed E-state index contributed by atoms with van der Waals surface area (Å²) in [6, 6.07) is 3.91. The zero-order valence-electron chi connectivity index (χ0n) is 9.36. The average Bonchev–Trinajstić information content (AvgIpc) is 2.95. The molecule has 2 aromatic heterocycles. The molecule has 0 aliphatic carbocycles. The molecule has 1 aliphatic heterocycles. The van der Waals surface area contributed by atoms with E-state index in [1.165, 1.54) is 6.42 Å². The van der Waals surface area contributed by atoms with Crippen molar-refractivity contribution in [1.29, 1.82) is 0 Å². The number of anilines is 1. The minimum atomic E-state index is 0.685. The number of nitrogens with zero attached hydrogens (tertiary/aromatic N) is 3. The SMILES string of the molecule is Brc1cccn2nc(NCC3CCNC3)nc12. The van der Waals surface area contributed by atoms with Crippen LogP contribution >= 0.6 is 15.9 Å². The van der Waals surface area contributed by atoms with Gasteiger partial charge in [-0.2, -0.15) is 4.98 Å². The van der Waals surface area contributed by atoms with E-state index in [2.05, 4.69) is 36.6 Å². The Labute approximate surface area is 108 Å². The van der Waals surface area contributed by atoms with Gasteiger partial charge in [-0.05, 0) is 53.5 Å². The predicted octanol–water partition coefficient (Wildman–Crippen LogP) is 1.51. The summed E-state index contributed by atoms with van der Waals surface area (Å²) >= 11 is 3.47. The Bertz CT molecular complexity index is 518. The van der Waals surface area contributed by atoms with Crippen LogP contribution in [0.5, 0.6) is 0 Å². The molecule has 2 N–H and O–H groups in total. The minimum Gasteiger partial charge on any atom is -0.353 e. The molecule has 1 fully saturated rings. The molecule has 0 bridgehead atoms. The Kier molecular flexibility index (Phi) is 2.98. The van der Waals surface area contributed by atoms with Crippen LogP contribution in [0.1, 0.15) is 6.42 Å². The fourth-order valence-electron chi connectivity index (χ4n) is 2.07. The molecule has 3 heterocycles. The molecule has 1 saturated heterocycles. The van der Waals surface area contributed by atoms with Crippen LogP contribution in [0.4, 0.5) is 5.95 Å². The summed E-state index contributed by atoms with van der Waals surface area (Å²) in [5.41, 5.74) is 0.847. The van der Waals surface area contributed by atoms with E-state index >= 15 is 0 Å². The Morgan fingerprint density at radius 2 is 2.53 bits per heavy atom. The third kappa shape index (κ3) is 2.28. The summed E-state index contributed by atoms with van der Waals surface area (Å²) in [4.78, 5) is 4.45. The molecule has 5 nitrogen and oxygen atoms in total. The lowest BCUT2D eigenvalue weighted by Gasteiger charge is -2.07. The van der Waals surface area contributed by atoms with Crippen LogP contribution in [0.25, 0.3) is 5.65 Å². The van der Waals surface area contributed by atoms with Crippen molar-refractivity contribution in [3.05, 3.63) is 22.8 Å². The summed E-state index contributed by atoms with van der Waals surface area (Å²) in [5, 5.41) is 11.0. The van der Waals surface area contributed by atoms with Crippen molar-refractivity contribution in [2.45, 2.75) is 6.42 Å². The van der Waals surface area contributed by atoms with Gasteiger partial charge in [-0.25, -0.2) is 4.52 Å². The minimum absolute atomic E-state index is 0.685. The van der Waals surface area contributed by atoms with E-state index in [9.17, 15) is 0 Å². The lowest BCUT2D eigenvalue weighted by atomic mass is 10.1. The monoisotopic (exact) mass is 295 g/mol. The molecule has 1 atom stereocenters. The lowest BCUT2D eigenvalue weighted by molar-refractivity contribution is 0.613. The number of fused-ring (bicyclic) bond motifs is 1. The molecule has 6 heteroatoms. The second-order valence-electron chi connectivity index (χ2n) is 4.30. The Hall–Kier alpha value is -1.14. The maximum atomic E-state index is 4.45. The highest BCUT2D eigenvalue weighted by Gasteiger charge is 2.15. The average molecular weight is 296 g/mol. The van der Waals surface area contributed by atoms with E-state index < -0.39 is 0 Å². The lowest BCUT2D eigenvalue weighted by Crippen LogP contribution is -2.17. The smallest absolute Gasteiger partial charge is 0.243 e. The van der Waals surface area contributed by atoms with Crippen LogP contribution in [0.2, 0.25) is 0 Å².